The molecule has 0 spiro atoms. The van der Waals surface area contributed by atoms with Gasteiger partial charge < -0.3 is 20.1 Å². The average Bonchev–Trinajstić information content (AvgIpc) is 3.05. The molecule has 2 aromatic heterocycles. The number of aromatic amines is 1. The van der Waals surface area contributed by atoms with Crippen molar-refractivity contribution in [2.45, 2.75) is 32.7 Å². The molecule has 1 aromatic carbocycles. The zero-order chi connectivity index (χ0) is 21.3. The molecule has 1 aliphatic rings. The highest BCUT2D eigenvalue weighted by atomic mass is 32.1. The molecule has 0 bridgehead atoms. The van der Waals surface area contributed by atoms with Crippen LogP contribution < -0.4 is 15.8 Å². The average molecular weight is 426 g/mol. The lowest BCUT2D eigenvalue weighted by Gasteiger charge is -2.28. The Kier molecular flexibility index (Phi) is 5.87. The van der Waals surface area contributed by atoms with E-state index in [4.69, 9.17) is 0 Å². The van der Waals surface area contributed by atoms with Crippen LogP contribution in [0.15, 0.2) is 29.1 Å². The van der Waals surface area contributed by atoms with Crippen molar-refractivity contribution < 1.29 is 4.79 Å². The zero-order valence-corrected chi connectivity index (χ0v) is 18.4. The minimum atomic E-state index is -0.213. The summed E-state index contributed by atoms with van der Waals surface area (Å²) in [6, 6.07) is 7.98. The van der Waals surface area contributed by atoms with Gasteiger partial charge in [-0.2, -0.15) is 0 Å². The first kappa shape index (κ1) is 20.6. The summed E-state index contributed by atoms with van der Waals surface area (Å²) in [5.74, 6) is 0.383. The lowest BCUT2D eigenvalue weighted by atomic mass is 10.1. The van der Waals surface area contributed by atoms with Gasteiger partial charge in [0.05, 0.1) is 16.8 Å². The maximum Gasteiger partial charge on any atom is 0.266 e. The summed E-state index contributed by atoms with van der Waals surface area (Å²) in [5.41, 5.74) is 2.40. The Morgan fingerprint density at radius 2 is 1.90 bits per heavy atom. The maximum absolute atomic E-state index is 12.9. The Balaban J connectivity index is 1.55. The van der Waals surface area contributed by atoms with E-state index in [1.165, 1.54) is 36.3 Å². The van der Waals surface area contributed by atoms with Gasteiger partial charge in [-0.05, 0) is 70.1 Å². The minimum absolute atomic E-state index is 0.199. The molecular formula is C22H27N5O2S. The molecule has 158 valence electrons. The van der Waals surface area contributed by atoms with Crippen LogP contribution in [-0.4, -0.2) is 48.0 Å². The number of piperidine rings is 1. The number of aromatic nitrogens is 2. The summed E-state index contributed by atoms with van der Waals surface area (Å²) in [4.78, 5) is 38.3. The van der Waals surface area contributed by atoms with E-state index in [1.54, 1.807) is 6.92 Å². The fourth-order valence-corrected chi connectivity index (χ4v) is 4.97. The van der Waals surface area contributed by atoms with Gasteiger partial charge >= 0.3 is 0 Å². The van der Waals surface area contributed by atoms with Gasteiger partial charge in [0, 0.05) is 24.5 Å². The van der Waals surface area contributed by atoms with Gasteiger partial charge in [-0.3, -0.25) is 9.59 Å². The number of benzene rings is 1. The normalized spacial score (nSPS) is 14.5. The van der Waals surface area contributed by atoms with Crippen molar-refractivity contribution in [3.8, 4) is 0 Å². The molecule has 7 nitrogen and oxygen atoms in total. The number of hydrogen-bond acceptors (Lipinski definition) is 6. The third kappa shape index (κ3) is 4.24. The van der Waals surface area contributed by atoms with Crippen molar-refractivity contribution in [1.29, 1.82) is 0 Å². The first-order chi connectivity index (χ1) is 14.4. The highest BCUT2D eigenvalue weighted by Crippen LogP contribution is 2.28. The van der Waals surface area contributed by atoms with Crippen LogP contribution in [-0.2, 0) is 6.54 Å². The summed E-state index contributed by atoms with van der Waals surface area (Å²) >= 11 is 1.26. The fraction of sp³-hybridized carbons (Fsp3) is 0.409. The van der Waals surface area contributed by atoms with E-state index in [2.05, 4.69) is 32.3 Å². The molecule has 0 saturated carbocycles. The number of carbonyl (C=O) groups is 1. The van der Waals surface area contributed by atoms with E-state index in [0.29, 0.717) is 33.0 Å². The highest BCUT2D eigenvalue weighted by Gasteiger charge is 2.20. The SMILES string of the molecule is Cc1c(C(=O)Nc2ccc(N3CCCCC3)cc2)sc2nc(CN(C)C)[nH]c(=O)c12. The molecule has 0 aliphatic carbocycles. The second kappa shape index (κ2) is 8.57. The number of thiophene rings is 1. The lowest BCUT2D eigenvalue weighted by Crippen LogP contribution is -2.29. The minimum Gasteiger partial charge on any atom is -0.372 e. The first-order valence-corrected chi connectivity index (χ1v) is 11.1. The zero-order valence-electron chi connectivity index (χ0n) is 17.6. The van der Waals surface area contributed by atoms with Gasteiger partial charge in [0.15, 0.2) is 0 Å². The number of fused-ring (bicyclic) bond motifs is 1. The van der Waals surface area contributed by atoms with Gasteiger partial charge in [0.25, 0.3) is 11.5 Å². The van der Waals surface area contributed by atoms with E-state index in [0.717, 1.165) is 18.8 Å². The number of aryl methyl sites for hydroxylation is 1. The summed E-state index contributed by atoms with van der Waals surface area (Å²) in [6.45, 7) is 4.51. The van der Waals surface area contributed by atoms with Crippen LogP contribution in [0, 0.1) is 6.92 Å². The van der Waals surface area contributed by atoms with E-state index < -0.39 is 0 Å². The Hall–Kier alpha value is -2.71. The van der Waals surface area contributed by atoms with Gasteiger partial charge in [0.2, 0.25) is 0 Å². The molecule has 0 atom stereocenters. The van der Waals surface area contributed by atoms with Gasteiger partial charge in [-0.25, -0.2) is 4.98 Å². The molecule has 2 N–H and O–H groups in total. The molecule has 3 aromatic rings. The number of carbonyl (C=O) groups excluding carboxylic acids is 1. The summed E-state index contributed by atoms with van der Waals surface area (Å²) in [7, 11) is 3.83. The van der Waals surface area contributed by atoms with Crippen LogP contribution in [0.1, 0.15) is 40.3 Å². The standard InChI is InChI=1S/C22H27N5O2S/c1-14-18-20(28)24-17(13-26(2)3)25-22(18)30-19(14)21(29)23-15-7-9-16(10-8-15)27-11-5-4-6-12-27/h7-10H,4-6,11-13H2,1-3H3,(H,23,29)(H,24,25,28). The predicted octanol–water partition coefficient (Wildman–Crippen LogP) is 3.60. The van der Waals surface area contributed by atoms with Crippen LogP contribution in [0.25, 0.3) is 10.2 Å². The number of nitrogens with one attached hydrogen (secondary N) is 2. The van der Waals surface area contributed by atoms with E-state index >= 15 is 0 Å². The van der Waals surface area contributed by atoms with Gasteiger partial charge in [-0.1, -0.05) is 0 Å². The fourth-order valence-electron chi connectivity index (χ4n) is 3.88. The third-order valence-corrected chi connectivity index (χ3v) is 6.55. The van der Waals surface area contributed by atoms with Crippen LogP contribution in [0.3, 0.4) is 0 Å². The number of rotatable bonds is 5. The van der Waals surface area contributed by atoms with E-state index in [1.807, 2.05) is 31.1 Å². The number of amides is 1. The molecule has 1 saturated heterocycles. The van der Waals surface area contributed by atoms with Crippen molar-refractivity contribution >= 4 is 38.8 Å². The summed E-state index contributed by atoms with van der Waals surface area (Å²) in [6.07, 6.45) is 3.76. The molecule has 1 aliphatic heterocycles. The Morgan fingerprint density at radius 3 is 2.57 bits per heavy atom. The van der Waals surface area contributed by atoms with Crippen molar-refractivity contribution in [2.75, 3.05) is 37.4 Å². The van der Waals surface area contributed by atoms with Gasteiger partial charge in [-0.15, -0.1) is 11.3 Å². The predicted molar refractivity (Wildman–Crippen MR) is 123 cm³/mol. The van der Waals surface area contributed by atoms with Crippen LogP contribution in [0.2, 0.25) is 0 Å². The number of anilines is 2. The molecule has 1 fully saturated rings. The molecule has 4 rings (SSSR count). The van der Waals surface area contributed by atoms with Crippen LogP contribution in [0.5, 0.6) is 0 Å². The molecule has 3 heterocycles. The lowest BCUT2D eigenvalue weighted by molar-refractivity contribution is 0.103. The Morgan fingerprint density at radius 1 is 1.20 bits per heavy atom. The Bertz CT molecular complexity index is 1110. The monoisotopic (exact) mass is 425 g/mol. The second-order valence-corrected chi connectivity index (χ2v) is 9.03. The smallest absolute Gasteiger partial charge is 0.266 e. The van der Waals surface area contributed by atoms with Crippen molar-refractivity contribution in [3.63, 3.8) is 0 Å². The van der Waals surface area contributed by atoms with Crippen LogP contribution >= 0.6 is 11.3 Å². The quantitative estimate of drug-likeness (QED) is 0.653. The molecule has 0 radical (unpaired) electrons. The molecular weight excluding hydrogens is 398 g/mol. The first-order valence-electron chi connectivity index (χ1n) is 10.3. The molecule has 1 amide bonds. The van der Waals surface area contributed by atoms with Crippen LogP contribution in [0.4, 0.5) is 11.4 Å². The highest BCUT2D eigenvalue weighted by molar-refractivity contribution is 7.20. The molecule has 30 heavy (non-hydrogen) atoms. The molecule has 0 unspecified atom stereocenters. The van der Waals surface area contributed by atoms with Gasteiger partial charge in [0.1, 0.15) is 10.7 Å². The number of H-pyrrole nitrogens is 1. The molecule has 8 heteroatoms. The largest absolute Gasteiger partial charge is 0.372 e. The number of nitrogens with zero attached hydrogens (tertiary/aromatic N) is 3. The van der Waals surface area contributed by atoms with Crippen molar-refractivity contribution in [3.05, 3.63) is 50.9 Å². The topological polar surface area (TPSA) is 81.3 Å². The van der Waals surface area contributed by atoms with Crippen molar-refractivity contribution in [2.24, 2.45) is 0 Å². The summed E-state index contributed by atoms with van der Waals surface area (Å²) in [5, 5.41) is 3.45. The van der Waals surface area contributed by atoms with Crippen molar-refractivity contribution in [1.82, 2.24) is 14.9 Å². The Labute approximate surface area is 179 Å². The van der Waals surface area contributed by atoms with E-state index in [9.17, 15) is 9.59 Å². The van der Waals surface area contributed by atoms with E-state index in [-0.39, 0.29) is 11.5 Å². The second-order valence-electron chi connectivity index (χ2n) is 8.04. The summed E-state index contributed by atoms with van der Waals surface area (Å²) < 4.78 is 0. The maximum atomic E-state index is 12.9. The third-order valence-electron chi connectivity index (χ3n) is 5.37. The number of hydrogen-bond donors (Lipinski definition) is 2.